The number of hydrogen-bond acceptors (Lipinski definition) is 9. The van der Waals surface area contributed by atoms with Gasteiger partial charge in [-0.15, -0.1) is 20.2 Å². The normalized spacial score (nSPS) is 9.90. The first-order valence-corrected chi connectivity index (χ1v) is 4.91. The molecule has 0 aliphatic heterocycles. The first-order valence-electron chi connectivity index (χ1n) is 4.91. The molecule has 12 heteroatoms. The number of carboxylic acids is 1. The van der Waals surface area contributed by atoms with Crippen molar-refractivity contribution in [2.24, 2.45) is 0 Å². The van der Waals surface area contributed by atoms with Gasteiger partial charge in [-0.1, -0.05) is 9.98 Å². The summed E-state index contributed by atoms with van der Waals surface area (Å²) < 4.78 is 0. The Labute approximate surface area is 114 Å². The molecule has 0 radical (unpaired) electrons. The van der Waals surface area contributed by atoms with Crippen molar-refractivity contribution < 1.29 is 39.8 Å². The molecule has 0 aliphatic carbocycles. The zero-order valence-electron chi connectivity index (χ0n) is 9.90. The van der Waals surface area contributed by atoms with E-state index < -0.39 is 16.1 Å². The number of carboxylic acid groups (broad SMARTS) is 1. The Kier molecular flexibility index (Phi) is 5.26. The van der Waals surface area contributed by atoms with E-state index in [0.29, 0.717) is 6.08 Å². The van der Waals surface area contributed by atoms with Gasteiger partial charge < -0.3 is 9.99 Å². The van der Waals surface area contributed by atoms with Gasteiger partial charge in [0, 0.05) is 11.6 Å². The van der Waals surface area contributed by atoms with Crippen LogP contribution in [0, 0.1) is 20.2 Å². The molecule has 112 valence electrons. The van der Waals surface area contributed by atoms with Crippen molar-refractivity contribution in [3.05, 3.63) is 50.1 Å². The first-order chi connectivity index (χ1) is 9.88. The fourth-order valence-corrected chi connectivity index (χ4v) is 1.09. The lowest BCUT2D eigenvalue weighted by Crippen LogP contribution is -2.06. The third-order valence-electron chi connectivity index (χ3n) is 1.77. The molecule has 0 aromatic heterocycles. The molecule has 21 heavy (non-hydrogen) atoms. The monoisotopic (exact) mass is 302 g/mol. The van der Waals surface area contributed by atoms with E-state index in [1.165, 1.54) is 0 Å². The molecular weight excluding hydrogens is 296 g/mol. The Balaban J connectivity index is 2.98. The fraction of sp³-hybridized carbons (Fsp3) is 0. The van der Waals surface area contributed by atoms with Crippen molar-refractivity contribution in [2.75, 3.05) is 0 Å². The summed E-state index contributed by atoms with van der Waals surface area (Å²) in [5.41, 5.74) is -0.0244. The number of carbonyl (C=O) groups is 1. The zero-order chi connectivity index (χ0) is 15.8. The number of rotatable bonds is 8. The lowest BCUT2D eigenvalue weighted by Gasteiger charge is -2.06. The van der Waals surface area contributed by atoms with E-state index in [4.69, 9.17) is 5.11 Å². The van der Waals surface area contributed by atoms with E-state index in [1.807, 2.05) is 0 Å². The van der Waals surface area contributed by atoms with Gasteiger partial charge in [-0.3, -0.25) is 4.89 Å². The van der Waals surface area contributed by atoms with E-state index in [9.17, 15) is 25.0 Å². The highest BCUT2D eigenvalue weighted by molar-refractivity contribution is 5.86. The fourth-order valence-electron chi connectivity index (χ4n) is 1.09. The average Bonchev–Trinajstić information content (AvgIpc) is 2.41. The summed E-state index contributed by atoms with van der Waals surface area (Å²) in [4.78, 5) is 46.4. The number of nitrogens with zero attached hydrogens (tertiary/aromatic N) is 2. The average molecular weight is 302 g/mol. The van der Waals surface area contributed by atoms with E-state index in [0.717, 1.165) is 24.3 Å². The second-order valence-corrected chi connectivity index (χ2v) is 3.13. The molecule has 1 N–H and O–H groups in total. The smallest absolute Gasteiger partial charge is 0.331 e. The van der Waals surface area contributed by atoms with Crippen LogP contribution in [0.5, 0.6) is 11.5 Å². The maximum absolute atomic E-state index is 10.4. The number of aliphatic carboxylic acids is 1. The second kappa shape index (κ2) is 7.13. The van der Waals surface area contributed by atoms with Crippen molar-refractivity contribution in [3.8, 4) is 11.5 Å². The molecule has 0 spiro atoms. The minimum atomic E-state index is -1.30. The quantitative estimate of drug-likeness (QED) is 0.314. The number of hydrogen-bond donors (Lipinski definition) is 1. The lowest BCUT2D eigenvalue weighted by atomic mass is 10.2. The van der Waals surface area contributed by atoms with E-state index in [2.05, 4.69) is 19.8 Å². The molecule has 0 bridgehead atoms. The molecule has 1 aromatic carbocycles. The second-order valence-electron chi connectivity index (χ2n) is 3.13. The SMILES string of the molecule is O=C(O)/C=C/c1cc(OO[N+](=O)[O-])ccc1OO[N+](=O)[O-]. The molecule has 0 amide bonds. The Morgan fingerprint density at radius 1 is 1.14 bits per heavy atom. The summed E-state index contributed by atoms with van der Waals surface area (Å²) in [6, 6.07) is 3.27. The van der Waals surface area contributed by atoms with Crippen LogP contribution in [0.1, 0.15) is 5.56 Å². The van der Waals surface area contributed by atoms with Crippen molar-refractivity contribution in [1.82, 2.24) is 0 Å². The van der Waals surface area contributed by atoms with Gasteiger partial charge in [0.05, 0.1) is 0 Å². The van der Waals surface area contributed by atoms with Crippen molar-refractivity contribution in [2.45, 2.75) is 0 Å². The molecule has 0 unspecified atom stereocenters. The zero-order valence-corrected chi connectivity index (χ0v) is 9.90. The topological polar surface area (TPSA) is 161 Å². The van der Waals surface area contributed by atoms with E-state index >= 15 is 0 Å². The third-order valence-corrected chi connectivity index (χ3v) is 1.77. The van der Waals surface area contributed by atoms with Crippen LogP contribution >= 0.6 is 0 Å². The van der Waals surface area contributed by atoms with Crippen LogP contribution in [0.4, 0.5) is 0 Å². The summed E-state index contributed by atoms with van der Waals surface area (Å²) in [6.07, 6.45) is 1.70. The van der Waals surface area contributed by atoms with E-state index in [1.54, 1.807) is 0 Å². The maximum Gasteiger partial charge on any atom is 0.331 e. The summed E-state index contributed by atoms with van der Waals surface area (Å²) in [7, 11) is 0. The highest BCUT2D eigenvalue weighted by Crippen LogP contribution is 2.26. The Morgan fingerprint density at radius 2 is 1.76 bits per heavy atom. The van der Waals surface area contributed by atoms with Gasteiger partial charge in [-0.05, 0) is 24.3 Å². The molecule has 12 nitrogen and oxygen atoms in total. The highest BCUT2D eigenvalue weighted by atomic mass is 17.3. The highest BCUT2D eigenvalue weighted by Gasteiger charge is 2.09. The van der Waals surface area contributed by atoms with Gasteiger partial charge >= 0.3 is 16.1 Å². The van der Waals surface area contributed by atoms with Crippen molar-refractivity contribution in [3.63, 3.8) is 0 Å². The summed E-state index contributed by atoms with van der Waals surface area (Å²) in [6.45, 7) is 0. The van der Waals surface area contributed by atoms with Crippen LogP contribution in [0.3, 0.4) is 0 Å². The maximum atomic E-state index is 10.4. The van der Waals surface area contributed by atoms with Gasteiger partial charge in [-0.2, -0.15) is 0 Å². The van der Waals surface area contributed by atoms with Crippen LogP contribution in [-0.2, 0) is 14.8 Å². The van der Waals surface area contributed by atoms with Crippen LogP contribution < -0.4 is 9.78 Å². The molecule has 0 saturated carbocycles. The van der Waals surface area contributed by atoms with Crippen LogP contribution in [0.2, 0.25) is 0 Å². The van der Waals surface area contributed by atoms with Gasteiger partial charge in [0.15, 0.2) is 11.5 Å². The first kappa shape index (κ1) is 15.5. The predicted octanol–water partition coefficient (Wildman–Crippen LogP) is 0.789. The molecule has 0 aliphatic rings. The minimum absolute atomic E-state index is 0.0244. The molecule has 0 atom stereocenters. The molecule has 0 saturated heterocycles. The lowest BCUT2D eigenvalue weighted by molar-refractivity contribution is -0.833. The minimum Gasteiger partial charge on any atom is -0.478 e. The summed E-state index contributed by atoms with van der Waals surface area (Å²) >= 11 is 0. The summed E-state index contributed by atoms with van der Waals surface area (Å²) in [5.74, 6) is -1.70. The Morgan fingerprint density at radius 3 is 2.33 bits per heavy atom. The van der Waals surface area contributed by atoms with Crippen molar-refractivity contribution in [1.29, 1.82) is 0 Å². The predicted molar refractivity (Wildman–Crippen MR) is 60.5 cm³/mol. The van der Waals surface area contributed by atoms with Gasteiger partial charge in [0.25, 0.3) is 0 Å². The van der Waals surface area contributed by atoms with Crippen molar-refractivity contribution >= 4 is 12.0 Å². The standard InChI is InChI=1S/C9H6N2O10/c12-9(13)4-1-6-5-7(18-20-10(14)15)2-3-8(6)19-21-11(16)17/h1-5H,(H,12,13)/b4-1+. The number of benzene rings is 1. The molecular formula is C9H6N2O10. The Bertz CT molecular complexity index is 584. The molecule has 0 fully saturated rings. The van der Waals surface area contributed by atoms with Gasteiger partial charge in [0.2, 0.25) is 0 Å². The van der Waals surface area contributed by atoms with Gasteiger partial charge in [-0.25, -0.2) is 4.79 Å². The molecule has 0 heterocycles. The van der Waals surface area contributed by atoms with Crippen LogP contribution in [0.25, 0.3) is 6.08 Å². The third kappa shape index (κ3) is 5.73. The van der Waals surface area contributed by atoms with E-state index in [-0.39, 0.29) is 17.1 Å². The van der Waals surface area contributed by atoms with Crippen LogP contribution in [-0.4, -0.2) is 21.2 Å². The molecule has 1 rings (SSSR count). The molecule has 1 aromatic rings. The van der Waals surface area contributed by atoms with Crippen LogP contribution in [0.15, 0.2) is 24.3 Å². The summed E-state index contributed by atoms with van der Waals surface area (Å²) in [5, 5.41) is 26.1. The van der Waals surface area contributed by atoms with Gasteiger partial charge in [0.1, 0.15) is 0 Å². The Hall–Kier alpha value is -3.57. The largest absolute Gasteiger partial charge is 0.478 e.